The second-order valence-electron chi connectivity index (χ2n) is 10.3. The molecule has 0 aromatic rings. The van der Waals surface area contributed by atoms with Crippen molar-refractivity contribution >= 4 is 17.5 Å². The molecule has 0 heterocycles. The van der Waals surface area contributed by atoms with Gasteiger partial charge in [0, 0.05) is 24.7 Å². The highest BCUT2D eigenvalue weighted by molar-refractivity contribution is 5.93. The van der Waals surface area contributed by atoms with Crippen molar-refractivity contribution in [3.8, 4) is 0 Å². The summed E-state index contributed by atoms with van der Waals surface area (Å²) < 4.78 is 5.52. The van der Waals surface area contributed by atoms with Gasteiger partial charge in [-0.1, -0.05) is 13.8 Å². The van der Waals surface area contributed by atoms with E-state index in [1.807, 2.05) is 0 Å². The minimum Gasteiger partial charge on any atom is -0.463 e. The van der Waals surface area contributed by atoms with Gasteiger partial charge in [-0.15, -0.1) is 0 Å². The minimum absolute atomic E-state index is 0.0512. The van der Waals surface area contributed by atoms with Crippen LogP contribution in [-0.4, -0.2) is 23.6 Å². The summed E-state index contributed by atoms with van der Waals surface area (Å²) in [6.45, 7) is 7.66. The fourth-order valence-corrected chi connectivity index (χ4v) is 7.92. The highest BCUT2D eigenvalue weighted by Crippen LogP contribution is 2.66. The molecule has 0 aromatic heterocycles. The van der Waals surface area contributed by atoms with Gasteiger partial charge in [-0.3, -0.25) is 14.4 Å². The van der Waals surface area contributed by atoms with Crippen LogP contribution in [0.2, 0.25) is 0 Å². The van der Waals surface area contributed by atoms with E-state index >= 15 is 0 Å². The maximum Gasteiger partial charge on any atom is 0.302 e. The molecule has 4 fully saturated rings. The van der Waals surface area contributed by atoms with Crippen molar-refractivity contribution in [2.75, 3.05) is 0 Å². The van der Waals surface area contributed by atoms with Gasteiger partial charge in [0.15, 0.2) is 0 Å². The van der Waals surface area contributed by atoms with Crippen LogP contribution in [0.15, 0.2) is 0 Å². The van der Waals surface area contributed by atoms with Crippen LogP contribution in [0.25, 0.3) is 0 Å². The molecule has 4 saturated carbocycles. The van der Waals surface area contributed by atoms with Crippen molar-refractivity contribution in [3.05, 3.63) is 0 Å². The van der Waals surface area contributed by atoms with E-state index in [9.17, 15) is 14.4 Å². The fraction of sp³-hybridized carbons (Fsp3) is 0.870. The van der Waals surface area contributed by atoms with Gasteiger partial charge in [0.05, 0.1) is 0 Å². The lowest BCUT2D eigenvalue weighted by molar-refractivity contribution is -0.167. The quantitative estimate of drug-likeness (QED) is 0.675. The monoisotopic (exact) mass is 374 g/mol. The Labute approximate surface area is 162 Å². The van der Waals surface area contributed by atoms with Gasteiger partial charge in [0.25, 0.3) is 0 Å². The smallest absolute Gasteiger partial charge is 0.302 e. The normalized spacial score (nSPS) is 49.0. The zero-order valence-corrected chi connectivity index (χ0v) is 17.3. The van der Waals surface area contributed by atoms with Crippen molar-refractivity contribution in [1.29, 1.82) is 0 Å². The Hall–Kier alpha value is -1.19. The molecule has 4 aliphatic rings. The molecule has 27 heavy (non-hydrogen) atoms. The molecule has 0 aliphatic heterocycles. The van der Waals surface area contributed by atoms with Crippen LogP contribution in [0.5, 0.6) is 0 Å². The van der Waals surface area contributed by atoms with Crippen LogP contribution in [-0.2, 0) is 19.1 Å². The first-order valence-electron chi connectivity index (χ1n) is 10.9. The number of fused-ring (bicyclic) bond motifs is 5. The number of Topliss-reactive ketones (excluding diaryl/α,β-unsaturated/α-hetero) is 2. The van der Waals surface area contributed by atoms with Crippen molar-refractivity contribution in [3.63, 3.8) is 0 Å². The summed E-state index contributed by atoms with van der Waals surface area (Å²) in [4.78, 5) is 37.0. The lowest BCUT2D eigenvalue weighted by Gasteiger charge is -2.60. The van der Waals surface area contributed by atoms with Gasteiger partial charge >= 0.3 is 5.97 Å². The summed E-state index contributed by atoms with van der Waals surface area (Å²) in [5.74, 6) is 2.22. The van der Waals surface area contributed by atoms with E-state index in [4.69, 9.17) is 4.74 Å². The molecule has 0 bridgehead atoms. The third-order valence-electron chi connectivity index (χ3n) is 9.30. The standard InChI is InChI=1S/C23H34O4/c1-13(24)18-7-8-19-17-6-5-15-11-16(27-14(2)25)9-10-22(15,3)20(17)12-21(26)23(18,19)4/h15-20H,5-12H2,1-4H3/t15-,16+,17?,18-,19?,20?,22+,23-/m1/s1. The van der Waals surface area contributed by atoms with Gasteiger partial charge < -0.3 is 4.74 Å². The summed E-state index contributed by atoms with van der Waals surface area (Å²) in [7, 11) is 0. The number of esters is 1. The van der Waals surface area contributed by atoms with E-state index in [2.05, 4.69) is 13.8 Å². The molecule has 0 aromatic carbocycles. The summed E-state index contributed by atoms with van der Waals surface area (Å²) in [5.41, 5.74) is -0.254. The van der Waals surface area contributed by atoms with E-state index < -0.39 is 5.41 Å². The van der Waals surface area contributed by atoms with E-state index in [0.717, 1.165) is 38.5 Å². The molecule has 4 rings (SSSR count). The van der Waals surface area contributed by atoms with Crippen LogP contribution in [0.1, 0.15) is 79.1 Å². The van der Waals surface area contributed by atoms with Crippen LogP contribution in [0.4, 0.5) is 0 Å². The minimum atomic E-state index is -0.425. The van der Waals surface area contributed by atoms with E-state index in [0.29, 0.717) is 35.9 Å². The lowest BCUT2D eigenvalue weighted by atomic mass is 9.44. The highest BCUT2D eigenvalue weighted by Gasteiger charge is 2.64. The van der Waals surface area contributed by atoms with Gasteiger partial charge in [-0.25, -0.2) is 0 Å². The summed E-state index contributed by atoms with van der Waals surface area (Å²) >= 11 is 0. The molecule has 0 N–H and O–H groups in total. The zero-order valence-electron chi connectivity index (χ0n) is 17.3. The third kappa shape index (κ3) is 2.73. The van der Waals surface area contributed by atoms with Crippen molar-refractivity contribution in [1.82, 2.24) is 0 Å². The van der Waals surface area contributed by atoms with E-state index in [-0.39, 0.29) is 29.2 Å². The Morgan fingerprint density at radius 2 is 1.74 bits per heavy atom. The van der Waals surface area contributed by atoms with E-state index in [1.165, 1.54) is 13.3 Å². The predicted octanol–water partition coefficient (Wildman–Crippen LogP) is 4.35. The molecule has 0 saturated heterocycles. The van der Waals surface area contributed by atoms with Crippen LogP contribution >= 0.6 is 0 Å². The van der Waals surface area contributed by atoms with Gasteiger partial charge in [0.2, 0.25) is 0 Å². The van der Waals surface area contributed by atoms with Gasteiger partial charge in [-0.2, -0.15) is 0 Å². The molecule has 4 aliphatic carbocycles. The van der Waals surface area contributed by atoms with Crippen LogP contribution < -0.4 is 0 Å². The maximum absolute atomic E-state index is 13.4. The van der Waals surface area contributed by atoms with Gasteiger partial charge in [-0.05, 0) is 81.0 Å². The largest absolute Gasteiger partial charge is 0.463 e. The number of hydrogen-bond donors (Lipinski definition) is 0. The Morgan fingerprint density at radius 1 is 1.00 bits per heavy atom. The maximum atomic E-state index is 13.4. The molecule has 8 atom stereocenters. The number of hydrogen-bond acceptors (Lipinski definition) is 4. The number of carbonyl (C=O) groups is 3. The predicted molar refractivity (Wildman–Crippen MR) is 102 cm³/mol. The molecule has 0 radical (unpaired) electrons. The summed E-state index contributed by atoms with van der Waals surface area (Å²) in [6, 6.07) is 0. The lowest BCUT2D eigenvalue weighted by Crippen LogP contribution is -2.57. The molecular formula is C23H34O4. The molecule has 0 spiro atoms. The topological polar surface area (TPSA) is 60.4 Å². The Bertz CT molecular complexity index is 669. The average molecular weight is 375 g/mol. The van der Waals surface area contributed by atoms with E-state index in [1.54, 1.807) is 6.92 Å². The van der Waals surface area contributed by atoms with Gasteiger partial charge in [0.1, 0.15) is 17.7 Å². The highest BCUT2D eigenvalue weighted by atomic mass is 16.5. The number of rotatable bonds is 2. The Kier molecular flexibility index (Phi) is 4.55. The summed E-state index contributed by atoms with van der Waals surface area (Å²) in [5, 5.41) is 0. The molecule has 4 nitrogen and oxygen atoms in total. The SMILES string of the molecule is CC(=O)O[C@H]1CC[C@]2(C)C3CC(=O)[C@@]4(C)C(CC[C@@H]4C(C)=O)C3CC[C@@H]2C1. The van der Waals surface area contributed by atoms with Crippen LogP contribution in [0, 0.1) is 40.4 Å². The second kappa shape index (κ2) is 6.42. The molecule has 150 valence electrons. The number of ketones is 2. The first-order valence-corrected chi connectivity index (χ1v) is 10.9. The first kappa shape index (κ1) is 19.1. The van der Waals surface area contributed by atoms with Crippen molar-refractivity contribution in [2.24, 2.45) is 40.4 Å². The Morgan fingerprint density at radius 3 is 2.41 bits per heavy atom. The van der Waals surface area contributed by atoms with Crippen molar-refractivity contribution < 1.29 is 19.1 Å². The van der Waals surface area contributed by atoms with Crippen LogP contribution in [0.3, 0.4) is 0 Å². The molecule has 3 unspecified atom stereocenters. The molecular weight excluding hydrogens is 340 g/mol. The molecule has 4 heteroatoms. The number of carbonyl (C=O) groups excluding carboxylic acids is 3. The fourth-order valence-electron chi connectivity index (χ4n) is 7.92. The van der Waals surface area contributed by atoms with Crippen molar-refractivity contribution in [2.45, 2.75) is 85.2 Å². The average Bonchev–Trinajstić information content (AvgIpc) is 2.95. The second-order valence-corrected chi connectivity index (χ2v) is 10.3. The number of ether oxygens (including phenoxy) is 1. The first-order chi connectivity index (χ1) is 12.7. The zero-order chi connectivity index (χ0) is 19.6. The Balaban J connectivity index is 1.59. The molecule has 0 amide bonds. The summed E-state index contributed by atoms with van der Waals surface area (Å²) in [6.07, 6.45) is 7.86. The third-order valence-corrected chi connectivity index (χ3v) is 9.30.